The smallest absolute Gasteiger partial charge is 0.254 e. The second kappa shape index (κ2) is 7.18. The normalized spacial score (nSPS) is 18.9. The number of rotatable bonds is 4. The zero-order chi connectivity index (χ0) is 18.0. The maximum absolute atomic E-state index is 13.1. The largest absolute Gasteiger partial charge is 0.330 e. The van der Waals surface area contributed by atoms with Crippen LogP contribution in [-0.2, 0) is 16.4 Å². The van der Waals surface area contributed by atoms with E-state index in [1.807, 2.05) is 37.3 Å². The maximum Gasteiger partial charge on any atom is 0.254 e. The number of benzene rings is 2. The van der Waals surface area contributed by atoms with Crippen molar-refractivity contribution in [2.24, 2.45) is 0 Å². The summed E-state index contributed by atoms with van der Waals surface area (Å²) in [5.74, 6) is 0.0225. The maximum atomic E-state index is 13.1. The Labute approximate surface area is 153 Å². The van der Waals surface area contributed by atoms with Crippen LogP contribution in [0.2, 0.25) is 5.02 Å². The molecule has 0 bridgehead atoms. The highest BCUT2D eigenvalue weighted by molar-refractivity contribution is 7.91. The van der Waals surface area contributed by atoms with Gasteiger partial charge in [0.1, 0.15) is 0 Å². The second-order valence-electron chi connectivity index (χ2n) is 6.49. The Hall–Kier alpha value is -1.85. The molecule has 0 aromatic heterocycles. The molecule has 0 radical (unpaired) electrons. The minimum absolute atomic E-state index is 0.0259. The Morgan fingerprint density at radius 3 is 2.52 bits per heavy atom. The predicted octanol–water partition coefficient (Wildman–Crippen LogP) is 3.48. The summed E-state index contributed by atoms with van der Waals surface area (Å²) in [5, 5.41) is 0.628. The Morgan fingerprint density at radius 1 is 1.20 bits per heavy atom. The molecule has 1 aliphatic heterocycles. The summed E-state index contributed by atoms with van der Waals surface area (Å²) >= 11 is 5.93. The highest BCUT2D eigenvalue weighted by Crippen LogP contribution is 2.23. The first-order valence-corrected chi connectivity index (χ1v) is 10.4. The monoisotopic (exact) mass is 377 g/mol. The average Bonchev–Trinajstić information content (AvgIpc) is 2.93. The lowest BCUT2D eigenvalue weighted by Gasteiger charge is -2.28. The highest BCUT2D eigenvalue weighted by Gasteiger charge is 2.35. The van der Waals surface area contributed by atoms with Crippen LogP contribution in [0, 0.1) is 6.92 Å². The summed E-state index contributed by atoms with van der Waals surface area (Å²) < 4.78 is 23.8. The molecule has 0 saturated carbocycles. The van der Waals surface area contributed by atoms with E-state index >= 15 is 0 Å². The molecule has 6 heteroatoms. The van der Waals surface area contributed by atoms with Crippen LogP contribution in [0.25, 0.3) is 0 Å². The molecule has 1 heterocycles. The minimum atomic E-state index is -3.08. The van der Waals surface area contributed by atoms with Gasteiger partial charge in [0.05, 0.1) is 11.5 Å². The number of carbonyl (C=O) groups is 1. The molecule has 0 unspecified atom stereocenters. The molecule has 0 aliphatic carbocycles. The van der Waals surface area contributed by atoms with E-state index in [4.69, 9.17) is 11.6 Å². The third kappa shape index (κ3) is 4.41. The third-order valence-corrected chi connectivity index (χ3v) is 6.44. The number of nitrogens with zero attached hydrogens (tertiary/aromatic N) is 1. The van der Waals surface area contributed by atoms with E-state index in [2.05, 4.69) is 0 Å². The fraction of sp³-hybridized carbons (Fsp3) is 0.316. The summed E-state index contributed by atoms with van der Waals surface area (Å²) in [7, 11) is -3.08. The van der Waals surface area contributed by atoms with Gasteiger partial charge in [0.25, 0.3) is 5.91 Å². The van der Waals surface area contributed by atoms with E-state index in [9.17, 15) is 13.2 Å². The fourth-order valence-corrected chi connectivity index (χ4v) is 4.98. The third-order valence-electron chi connectivity index (χ3n) is 4.44. The highest BCUT2D eigenvalue weighted by atomic mass is 35.5. The Morgan fingerprint density at radius 2 is 1.92 bits per heavy atom. The average molecular weight is 378 g/mol. The molecular weight excluding hydrogens is 358 g/mol. The van der Waals surface area contributed by atoms with Gasteiger partial charge in [0, 0.05) is 23.2 Å². The van der Waals surface area contributed by atoms with Crippen molar-refractivity contribution in [2.75, 3.05) is 11.5 Å². The summed E-state index contributed by atoms with van der Waals surface area (Å²) in [5.41, 5.74) is 2.50. The number of halogens is 1. The molecule has 0 N–H and O–H groups in total. The van der Waals surface area contributed by atoms with Gasteiger partial charge in [-0.15, -0.1) is 0 Å². The number of hydrogen-bond donors (Lipinski definition) is 0. The number of hydrogen-bond acceptors (Lipinski definition) is 3. The Kier molecular flexibility index (Phi) is 5.16. The van der Waals surface area contributed by atoms with Crippen molar-refractivity contribution < 1.29 is 13.2 Å². The molecule has 132 valence electrons. The van der Waals surface area contributed by atoms with E-state index in [1.165, 1.54) is 0 Å². The van der Waals surface area contributed by atoms with Crippen LogP contribution in [0.15, 0.2) is 48.5 Å². The molecule has 1 aliphatic rings. The number of carbonyl (C=O) groups excluding carboxylic acids is 1. The van der Waals surface area contributed by atoms with Crippen LogP contribution >= 0.6 is 11.6 Å². The number of aryl methyl sites for hydroxylation is 1. The van der Waals surface area contributed by atoms with E-state index in [-0.39, 0.29) is 23.5 Å². The van der Waals surface area contributed by atoms with Crippen molar-refractivity contribution in [3.05, 3.63) is 70.2 Å². The predicted molar refractivity (Wildman–Crippen MR) is 99.6 cm³/mol. The van der Waals surface area contributed by atoms with Crippen molar-refractivity contribution >= 4 is 27.3 Å². The van der Waals surface area contributed by atoms with E-state index < -0.39 is 9.84 Å². The molecule has 1 atom stereocenters. The van der Waals surface area contributed by atoms with Crippen LogP contribution in [0.4, 0.5) is 0 Å². The summed E-state index contributed by atoms with van der Waals surface area (Å²) in [6.07, 6.45) is 0.480. The lowest BCUT2D eigenvalue weighted by atomic mass is 10.1. The van der Waals surface area contributed by atoms with E-state index in [0.717, 1.165) is 11.1 Å². The molecule has 1 saturated heterocycles. The van der Waals surface area contributed by atoms with Gasteiger partial charge in [0.15, 0.2) is 9.84 Å². The first kappa shape index (κ1) is 18.0. The number of amides is 1. The van der Waals surface area contributed by atoms with Crippen molar-refractivity contribution in [1.29, 1.82) is 0 Å². The van der Waals surface area contributed by atoms with Gasteiger partial charge in [-0.3, -0.25) is 4.79 Å². The molecular formula is C19H20ClNO3S. The number of sulfone groups is 1. The molecule has 2 aromatic rings. The zero-order valence-corrected chi connectivity index (χ0v) is 15.6. The van der Waals surface area contributed by atoms with Crippen LogP contribution in [0.3, 0.4) is 0 Å². The Balaban J connectivity index is 1.91. The quantitative estimate of drug-likeness (QED) is 0.819. The molecule has 1 amide bonds. The van der Waals surface area contributed by atoms with Crippen molar-refractivity contribution in [1.82, 2.24) is 4.90 Å². The molecule has 0 spiro atoms. The topological polar surface area (TPSA) is 54.5 Å². The molecule has 25 heavy (non-hydrogen) atoms. The van der Waals surface area contributed by atoms with Gasteiger partial charge in [-0.05, 0) is 43.2 Å². The standard InChI is InChI=1S/C19H20ClNO3S/c1-14-3-2-4-16(11-14)19(22)21(18-9-10-25(23,24)13-18)12-15-5-7-17(20)8-6-15/h2-8,11,18H,9-10,12-13H2,1H3/t18-/m0/s1. The van der Waals surface area contributed by atoms with Crippen molar-refractivity contribution in [3.63, 3.8) is 0 Å². The second-order valence-corrected chi connectivity index (χ2v) is 9.15. The van der Waals surface area contributed by atoms with Gasteiger partial charge in [0.2, 0.25) is 0 Å². The van der Waals surface area contributed by atoms with Crippen LogP contribution < -0.4 is 0 Å². The minimum Gasteiger partial charge on any atom is -0.330 e. The first-order chi connectivity index (χ1) is 11.8. The van der Waals surface area contributed by atoms with Gasteiger partial charge in [-0.25, -0.2) is 8.42 Å². The molecule has 4 nitrogen and oxygen atoms in total. The lowest BCUT2D eigenvalue weighted by molar-refractivity contribution is 0.0681. The van der Waals surface area contributed by atoms with E-state index in [0.29, 0.717) is 23.6 Å². The van der Waals surface area contributed by atoms with E-state index in [1.54, 1.807) is 23.1 Å². The fourth-order valence-electron chi connectivity index (χ4n) is 3.12. The molecule has 2 aromatic carbocycles. The van der Waals surface area contributed by atoms with Crippen LogP contribution in [0.5, 0.6) is 0 Å². The van der Waals surface area contributed by atoms with Crippen LogP contribution in [-0.4, -0.2) is 36.8 Å². The van der Waals surface area contributed by atoms with Gasteiger partial charge < -0.3 is 4.90 Å². The van der Waals surface area contributed by atoms with Gasteiger partial charge >= 0.3 is 0 Å². The molecule has 3 rings (SSSR count). The molecule has 1 fully saturated rings. The summed E-state index contributed by atoms with van der Waals surface area (Å²) in [4.78, 5) is 14.8. The summed E-state index contributed by atoms with van der Waals surface area (Å²) in [6.45, 7) is 2.30. The van der Waals surface area contributed by atoms with Crippen molar-refractivity contribution in [3.8, 4) is 0 Å². The van der Waals surface area contributed by atoms with Crippen LogP contribution in [0.1, 0.15) is 27.9 Å². The lowest BCUT2D eigenvalue weighted by Crippen LogP contribution is -2.40. The Bertz CT molecular complexity index is 878. The SMILES string of the molecule is Cc1cccc(C(=O)N(Cc2ccc(Cl)cc2)[C@H]2CCS(=O)(=O)C2)c1. The van der Waals surface area contributed by atoms with Gasteiger partial charge in [-0.1, -0.05) is 41.4 Å². The first-order valence-electron chi connectivity index (χ1n) is 8.16. The van der Waals surface area contributed by atoms with Crippen molar-refractivity contribution in [2.45, 2.75) is 25.9 Å². The zero-order valence-electron chi connectivity index (χ0n) is 14.0. The summed E-state index contributed by atoms with van der Waals surface area (Å²) in [6, 6.07) is 14.4. The van der Waals surface area contributed by atoms with Gasteiger partial charge in [-0.2, -0.15) is 0 Å².